The number of hydrogen-bond acceptors (Lipinski definition) is 6. The fraction of sp³-hybridized carbons (Fsp3) is 0.500. The van der Waals surface area contributed by atoms with E-state index < -0.39 is 5.97 Å². The number of carbonyl (C=O) groups excluding carboxylic acids is 1. The van der Waals surface area contributed by atoms with Crippen LogP contribution in [0.2, 0.25) is 0 Å². The second-order valence-corrected chi connectivity index (χ2v) is 7.09. The lowest BCUT2D eigenvalue weighted by Crippen LogP contribution is -2.38. The highest BCUT2D eigenvalue weighted by Crippen LogP contribution is 2.53. The van der Waals surface area contributed by atoms with E-state index in [1.165, 1.54) is 0 Å². The standard InChI is InChI=1S/C20H19N4O2/c1-11(2)13-5-4-12(3)6-18(13)26-20(25)19-16(9-23)14(7-21)15(8-22)17(19)10-24/h11-13,18H,4-6H2,1-3H3/t12-,13+,18-/m1/s1. The van der Waals surface area contributed by atoms with E-state index in [1.54, 1.807) is 24.3 Å². The van der Waals surface area contributed by atoms with Crippen LogP contribution in [0.25, 0.3) is 0 Å². The van der Waals surface area contributed by atoms with Crippen LogP contribution in [0.15, 0.2) is 0 Å². The summed E-state index contributed by atoms with van der Waals surface area (Å²) in [4.78, 5) is 12.8. The summed E-state index contributed by atoms with van der Waals surface area (Å²) in [7, 11) is 0. The lowest BCUT2D eigenvalue weighted by atomic mass is 9.75. The molecule has 0 aliphatic heterocycles. The van der Waals surface area contributed by atoms with Gasteiger partial charge in [-0.25, -0.2) is 0 Å². The Morgan fingerprint density at radius 1 is 0.962 bits per heavy atom. The molecular formula is C20H19N4O2. The van der Waals surface area contributed by atoms with Crippen LogP contribution in [-0.4, -0.2) is 12.1 Å². The summed E-state index contributed by atoms with van der Waals surface area (Å²) < 4.78 is 5.70. The Bertz CT molecular complexity index is 667. The van der Waals surface area contributed by atoms with Crippen molar-refractivity contribution in [3.63, 3.8) is 0 Å². The Kier molecular flexibility index (Phi) is 6.23. The molecule has 0 aromatic carbocycles. The second kappa shape index (κ2) is 8.21. The van der Waals surface area contributed by atoms with E-state index in [4.69, 9.17) is 4.74 Å². The predicted molar refractivity (Wildman–Crippen MR) is 89.9 cm³/mol. The third-order valence-corrected chi connectivity index (χ3v) is 5.12. The quantitative estimate of drug-likeness (QED) is 0.723. The van der Waals surface area contributed by atoms with Crippen molar-refractivity contribution in [3.8, 4) is 24.3 Å². The van der Waals surface area contributed by atoms with Gasteiger partial charge >= 0.3 is 5.97 Å². The molecule has 0 aromatic heterocycles. The molecule has 0 heterocycles. The highest BCUT2D eigenvalue weighted by atomic mass is 16.5. The molecule has 3 atom stereocenters. The summed E-state index contributed by atoms with van der Waals surface area (Å²) in [6, 6.07) is 7.06. The Morgan fingerprint density at radius 3 is 1.88 bits per heavy atom. The number of nitriles is 4. The van der Waals surface area contributed by atoms with Crippen molar-refractivity contribution in [3.05, 3.63) is 29.6 Å². The summed E-state index contributed by atoms with van der Waals surface area (Å²) in [6.45, 7) is 6.25. The van der Waals surface area contributed by atoms with Crippen molar-refractivity contribution in [2.75, 3.05) is 0 Å². The summed E-state index contributed by atoms with van der Waals surface area (Å²) in [5, 5.41) is 37.2. The van der Waals surface area contributed by atoms with Crippen molar-refractivity contribution in [2.24, 2.45) is 17.8 Å². The highest BCUT2D eigenvalue weighted by Gasteiger charge is 2.59. The van der Waals surface area contributed by atoms with Gasteiger partial charge in [-0.15, -0.1) is 0 Å². The van der Waals surface area contributed by atoms with Gasteiger partial charge in [-0.1, -0.05) is 27.2 Å². The highest BCUT2D eigenvalue weighted by molar-refractivity contribution is 6.02. The first-order valence-corrected chi connectivity index (χ1v) is 8.57. The van der Waals surface area contributed by atoms with Gasteiger partial charge in [0.15, 0.2) is 0 Å². The van der Waals surface area contributed by atoms with E-state index in [2.05, 4.69) is 20.8 Å². The van der Waals surface area contributed by atoms with Crippen molar-refractivity contribution in [1.82, 2.24) is 0 Å². The number of esters is 1. The van der Waals surface area contributed by atoms with Gasteiger partial charge < -0.3 is 4.74 Å². The predicted octanol–water partition coefficient (Wildman–Crippen LogP) is 2.97. The normalized spacial score (nSPS) is 28.8. The number of carbonyl (C=O) groups is 1. The molecule has 6 nitrogen and oxygen atoms in total. The van der Waals surface area contributed by atoms with Gasteiger partial charge in [0.05, 0.1) is 24.3 Å². The molecule has 26 heavy (non-hydrogen) atoms. The maximum atomic E-state index is 12.8. The maximum Gasteiger partial charge on any atom is 0.317 e. The van der Waals surface area contributed by atoms with E-state index in [0.717, 1.165) is 19.3 Å². The number of hydrogen-bond donors (Lipinski definition) is 0. The molecule has 0 amide bonds. The number of ether oxygens (including phenoxy) is 1. The van der Waals surface area contributed by atoms with E-state index in [1.807, 2.05) is 0 Å². The maximum absolute atomic E-state index is 12.8. The van der Waals surface area contributed by atoms with Crippen molar-refractivity contribution in [2.45, 2.75) is 46.1 Å². The molecule has 2 aliphatic carbocycles. The van der Waals surface area contributed by atoms with E-state index >= 15 is 0 Å². The van der Waals surface area contributed by atoms with Crippen LogP contribution in [0.3, 0.4) is 0 Å². The molecule has 0 aromatic rings. The monoisotopic (exact) mass is 347 g/mol. The third-order valence-electron chi connectivity index (χ3n) is 5.12. The zero-order valence-electron chi connectivity index (χ0n) is 15.0. The molecule has 2 saturated carbocycles. The SMILES string of the molecule is CC(C)[C@@H]1CC[C@@H](C)C[C@H]1OC(=O)[C]1[C](C#N)[C](C#N)[C](C#N)[C]1C#N. The van der Waals surface area contributed by atoms with Gasteiger partial charge in [-0.05, 0) is 30.6 Å². The van der Waals surface area contributed by atoms with Crippen LogP contribution in [0.1, 0.15) is 40.0 Å². The first-order valence-electron chi connectivity index (χ1n) is 8.57. The Morgan fingerprint density at radius 2 is 1.46 bits per heavy atom. The van der Waals surface area contributed by atoms with Gasteiger partial charge in [0.1, 0.15) is 35.7 Å². The third kappa shape index (κ3) is 3.52. The number of rotatable bonds is 3. The topological polar surface area (TPSA) is 121 Å². The van der Waals surface area contributed by atoms with E-state index in [9.17, 15) is 25.8 Å². The summed E-state index contributed by atoms with van der Waals surface area (Å²) in [5.41, 5.74) is 0. The van der Waals surface area contributed by atoms with Crippen molar-refractivity contribution >= 4 is 5.97 Å². The molecule has 131 valence electrons. The number of nitrogens with zero attached hydrogens (tertiary/aromatic N) is 4. The van der Waals surface area contributed by atoms with E-state index in [0.29, 0.717) is 11.8 Å². The molecule has 2 aliphatic rings. The Hall–Kier alpha value is -2.57. The fourth-order valence-corrected chi connectivity index (χ4v) is 3.72. The van der Waals surface area contributed by atoms with E-state index in [-0.39, 0.29) is 41.6 Å². The van der Waals surface area contributed by atoms with Gasteiger partial charge in [0.2, 0.25) is 0 Å². The van der Waals surface area contributed by atoms with Crippen LogP contribution in [0, 0.1) is 92.7 Å². The van der Waals surface area contributed by atoms with Gasteiger partial charge in [-0.3, -0.25) is 4.79 Å². The lowest BCUT2D eigenvalue weighted by molar-refractivity contribution is -0.152. The zero-order chi connectivity index (χ0) is 19.4. The molecule has 0 saturated heterocycles. The first-order chi connectivity index (χ1) is 12.4. The largest absolute Gasteiger partial charge is 0.462 e. The van der Waals surface area contributed by atoms with Crippen LogP contribution >= 0.6 is 0 Å². The van der Waals surface area contributed by atoms with Crippen molar-refractivity contribution < 1.29 is 9.53 Å². The Labute approximate surface area is 155 Å². The molecule has 2 fully saturated rings. The van der Waals surface area contributed by atoms with Gasteiger partial charge in [-0.2, -0.15) is 21.0 Å². The fourth-order valence-electron chi connectivity index (χ4n) is 3.72. The minimum Gasteiger partial charge on any atom is -0.462 e. The van der Waals surface area contributed by atoms with Gasteiger partial charge in [0.25, 0.3) is 0 Å². The van der Waals surface area contributed by atoms with Crippen LogP contribution in [0.4, 0.5) is 0 Å². The second-order valence-electron chi connectivity index (χ2n) is 7.09. The van der Waals surface area contributed by atoms with Gasteiger partial charge in [0, 0.05) is 0 Å². The zero-order valence-corrected chi connectivity index (χ0v) is 15.0. The smallest absolute Gasteiger partial charge is 0.317 e. The molecule has 5 radical (unpaired) electrons. The minimum absolute atomic E-state index is 0.201. The molecule has 0 N–H and O–H groups in total. The first kappa shape index (κ1) is 19.8. The van der Waals surface area contributed by atoms with Crippen LogP contribution < -0.4 is 0 Å². The molecule has 6 heteroatoms. The van der Waals surface area contributed by atoms with Crippen molar-refractivity contribution in [1.29, 1.82) is 21.0 Å². The Balaban J connectivity index is 2.26. The summed E-state index contributed by atoms with van der Waals surface area (Å²) in [5.74, 6) is -1.11. The summed E-state index contributed by atoms with van der Waals surface area (Å²) in [6.07, 6.45) is 2.42. The summed E-state index contributed by atoms with van der Waals surface area (Å²) >= 11 is 0. The average Bonchev–Trinajstić information content (AvgIpc) is 2.93. The molecule has 0 unspecified atom stereocenters. The molecule has 0 bridgehead atoms. The molecular weight excluding hydrogens is 328 g/mol. The minimum atomic E-state index is -0.805. The average molecular weight is 347 g/mol. The molecule has 2 rings (SSSR count). The molecule has 0 spiro atoms. The van der Waals surface area contributed by atoms with Crippen LogP contribution in [-0.2, 0) is 9.53 Å². The lowest BCUT2D eigenvalue weighted by Gasteiger charge is -2.37. The van der Waals surface area contributed by atoms with Crippen LogP contribution in [0.5, 0.6) is 0 Å².